The van der Waals surface area contributed by atoms with E-state index in [4.69, 9.17) is 4.74 Å². The number of rotatable bonds is 8. The molecule has 0 aliphatic carbocycles. The summed E-state index contributed by atoms with van der Waals surface area (Å²) >= 11 is 0. The Morgan fingerprint density at radius 3 is 2.52 bits per heavy atom. The molecule has 2 N–H and O–H groups in total. The summed E-state index contributed by atoms with van der Waals surface area (Å²) in [5.74, 6) is 0.268. The lowest BCUT2D eigenvalue weighted by molar-refractivity contribution is -0.129. The van der Waals surface area contributed by atoms with Crippen LogP contribution in [0.15, 0.2) is 24.3 Å². The van der Waals surface area contributed by atoms with Crippen LogP contribution in [0.5, 0.6) is 5.75 Å². The number of nitrogens with one attached hydrogen (secondary N) is 2. The molecule has 1 fully saturated rings. The van der Waals surface area contributed by atoms with Crippen LogP contribution in [0.3, 0.4) is 0 Å². The van der Waals surface area contributed by atoms with Crippen LogP contribution in [0.2, 0.25) is 0 Å². The summed E-state index contributed by atoms with van der Waals surface area (Å²) in [5.41, 5.74) is 1.01. The Labute approximate surface area is 147 Å². The normalized spacial score (nSPS) is 16.6. The van der Waals surface area contributed by atoms with Gasteiger partial charge in [0, 0.05) is 39.5 Å². The van der Waals surface area contributed by atoms with E-state index in [-0.39, 0.29) is 30.1 Å². The maximum absolute atomic E-state index is 12.2. The van der Waals surface area contributed by atoms with Gasteiger partial charge in [-0.05, 0) is 24.1 Å². The standard InChI is InChI=1S/C18H25N3O4/c1-13(22)19-8-3-9-20-18(24)15-10-17(23)21(12-15)11-14-4-6-16(25-2)7-5-14/h4-7,15H,3,8-12H2,1-2H3,(H,19,22)(H,20,24)/t15-/m0/s1. The summed E-state index contributed by atoms with van der Waals surface area (Å²) in [6, 6.07) is 7.55. The van der Waals surface area contributed by atoms with E-state index in [0.717, 1.165) is 11.3 Å². The first kappa shape index (κ1) is 18.8. The lowest BCUT2D eigenvalue weighted by Crippen LogP contribution is -2.34. The largest absolute Gasteiger partial charge is 0.497 e. The molecule has 1 aromatic carbocycles. The van der Waals surface area contributed by atoms with Gasteiger partial charge >= 0.3 is 0 Å². The van der Waals surface area contributed by atoms with Crippen molar-refractivity contribution >= 4 is 17.7 Å². The fraction of sp³-hybridized carbons (Fsp3) is 0.500. The molecule has 7 nitrogen and oxygen atoms in total. The Morgan fingerprint density at radius 2 is 1.88 bits per heavy atom. The van der Waals surface area contributed by atoms with E-state index in [1.807, 2.05) is 24.3 Å². The fourth-order valence-corrected chi connectivity index (χ4v) is 2.76. The second-order valence-electron chi connectivity index (χ2n) is 6.15. The predicted molar refractivity (Wildman–Crippen MR) is 92.8 cm³/mol. The van der Waals surface area contributed by atoms with Gasteiger partial charge in [0.1, 0.15) is 5.75 Å². The molecule has 1 atom stereocenters. The van der Waals surface area contributed by atoms with E-state index in [1.54, 1.807) is 12.0 Å². The SMILES string of the molecule is COc1ccc(CN2C[C@@H](C(=O)NCCCNC(C)=O)CC2=O)cc1. The Balaban J connectivity index is 1.76. The number of hydrogen-bond donors (Lipinski definition) is 2. The highest BCUT2D eigenvalue weighted by atomic mass is 16.5. The molecule has 136 valence electrons. The van der Waals surface area contributed by atoms with Crippen LogP contribution in [0.4, 0.5) is 0 Å². The Morgan fingerprint density at radius 1 is 1.20 bits per heavy atom. The minimum Gasteiger partial charge on any atom is -0.497 e. The average molecular weight is 347 g/mol. The molecule has 25 heavy (non-hydrogen) atoms. The highest BCUT2D eigenvalue weighted by Gasteiger charge is 2.33. The molecule has 1 aliphatic rings. The first-order valence-electron chi connectivity index (χ1n) is 8.42. The van der Waals surface area contributed by atoms with Gasteiger partial charge in [-0.15, -0.1) is 0 Å². The minimum absolute atomic E-state index is 0.00536. The number of hydrogen-bond acceptors (Lipinski definition) is 4. The summed E-state index contributed by atoms with van der Waals surface area (Å²) in [5, 5.41) is 5.51. The van der Waals surface area contributed by atoms with E-state index in [1.165, 1.54) is 6.92 Å². The van der Waals surface area contributed by atoms with E-state index in [9.17, 15) is 14.4 Å². The molecule has 0 saturated carbocycles. The van der Waals surface area contributed by atoms with E-state index >= 15 is 0 Å². The topological polar surface area (TPSA) is 87.7 Å². The van der Waals surface area contributed by atoms with Gasteiger partial charge in [0.25, 0.3) is 0 Å². The Kier molecular flexibility index (Phi) is 6.80. The maximum atomic E-state index is 12.2. The smallest absolute Gasteiger partial charge is 0.225 e. The molecule has 0 bridgehead atoms. The number of ether oxygens (including phenoxy) is 1. The van der Waals surface area contributed by atoms with Crippen molar-refractivity contribution in [3.63, 3.8) is 0 Å². The van der Waals surface area contributed by atoms with E-state index in [0.29, 0.717) is 32.6 Å². The van der Waals surface area contributed by atoms with Gasteiger partial charge in [0.2, 0.25) is 17.7 Å². The third kappa shape index (κ3) is 5.77. The number of benzene rings is 1. The summed E-state index contributed by atoms with van der Waals surface area (Å²) in [7, 11) is 1.61. The van der Waals surface area contributed by atoms with Crippen molar-refractivity contribution < 1.29 is 19.1 Å². The highest BCUT2D eigenvalue weighted by molar-refractivity contribution is 5.89. The molecule has 1 aromatic rings. The fourth-order valence-electron chi connectivity index (χ4n) is 2.76. The molecule has 0 radical (unpaired) electrons. The lowest BCUT2D eigenvalue weighted by Gasteiger charge is -2.17. The molecule has 7 heteroatoms. The van der Waals surface area contributed by atoms with Crippen molar-refractivity contribution in [1.29, 1.82) is 0 Å². The second kappa shape index (κ2) is 9.05. The predicted octanol–water partition coefficient (Wildman–Crippen LogP) is 0.686. The van der Waals surface area contributed by atoms with E-state index < -0.39 is 0 Å². The molecule has 2 rings (SSSR count). The first-order valence-corrected chi connectivity index (χ1v) is 8.42. The third-order valence-electron chi connectivity index (χ3n) is 4.14. The van der Waals surface area contributed by atoms with Crippen molar-refractivity contribution in [3.05, 3.63) is 29.8 Å². The Hall–Kier alpha value is -2.57. The molecule has 0 spiro atoms. The van der Waals surface area contributed by atoms with Gasteiger partial charge in [-0.2, -0.15) is 0 Å². The van der Waals surface area contributed by atoms with Crippen LogP contribution in [0.1, 0.15) is 25.3 Å². The van der Waals surface area contributed by atoms with Crippen molar-refractivity contribution in [2.45, 2.75) is 26.3 Å². The number of nitrogens with zero attached hydrogens (tertiary/aromatic N) is 1. The van der Waals surface area contributed by atoms with Crippen LogP contribution < -0.4 is 15.4 Å². The molecular formula is C18H25N3O4. The summed E-state index contributed by atoms with van der Waals surface area (Å²) in [6.07, 6.45) is 0.912. The average Bonchev–Trinajstić information content (AvgIpc) is 2.95. The summed E-state index contributed by atoms with van der Waals surface area (Å²) < 4.78 is 5.12. The zero-order chi connectivity index (χ0) is 18.2. The van der Waals surface area contributed by atoms with Gasteiger partial charge in [-0.3, -0.25) is 14.4 Å². The molecule has 0 unspecified atom stereocenters. The molecule has 1 saturated heterocycles. The first-order chi connectivity index (χ1) is 12.0. The van der Waals surface area contributed by atoms with Crippen molar-refractivity contribution in [2.24, 2.45) is 5.92 Å². The monoisotopic (exact) mass is 347 g/mol. The van der Waals surface area contributed by atoms with Gasteiger partial charge in [-0.25, -0.2) is 0 Å². The van der Waals surface area contributed by atoms with Gasteiger partial charge in [0.05, 0.1) is 13.0 Å². The Bertz CT molecular complexity index is 615. The summed E-state index contributed by atoms with van der Waals surface area (Å²) in [6.45, 7) is 3.41. The second-order valence-corrected chi connectivity index (χ2v) is 6.15. The zero-order valence-electron chi connectivity index (χ0n) is 14.7. The molecule has 1 aliphatic heterocycles. The number of carbonyl (C=O) groups is 3. The number of carbonyl (C=O) groups excluding carboxylic acids is 3. The van der Waals surface area contributed by atoms with Crippen LogP contribution in [0.25, 0.3) is 0 Å². The lowest BCUT2D eigenvalue weighted by atomic mass is 10.1. The summed E-state index contributed by atoms with van der Waals surface area (Å²) in [4.78, 5) is 36.8. The van der Waals surface area contributed by atoms with Crippen LogP contribution in [-0.4, -0.2) is 49.4 Å². The molecule has 0 aromatic heterocycles. The molecule has 1 heterocycles. The van der Waals surface area contributed by atoms with Crippen LogP contribution in [0, 0.1) is 5.92 Å². The van der Waals surface area contributed by atoms with Gasteiger partial charge in [-0.1, -0.05) is 12.1 Å². The number of amides is 3. The van der Waals surface area contributed by atoms with Crippen LogP contribution >= 0.6 is 0 Å². The van der Waals surface area contributed by atoms with Crippen molar-refractivity contribution in [3.8, 4) is 5.75 Å². The van der Waals surface area contributed by atoms with Gasteiger partial charge < -0.3 is 20.3 Å². The minimum atomic E-state index is -0.313. The zero-order valence-corrected chi connectivity index (χ0v) is 14.7. The number of likely N-dealkylation sites (tertiary alicyclic amines) is 1. The number of methoxy groups -OCH3 is 1. The quantitative estimate of drug-likeness (QED) is 0.677. The van der Waals surface area contributed by atoms with Crippen molar-refractivity contribution in [2.75, 3.05) is 26.7 Å². The van der Waals surface area contributed by atoms with E-state index in [2.05, 4.69) is 10.6 Å². The maximum Gasteiger partial charge on any atom is 0.225 e. The third-order valence-corrected chi connectivity index (χ3v) is 4.14. The van der Waals surface area contributed by atoms with Gasteiger partial charge in [0.15, 0.2) is 0 Å². The highest BCUT2D eigenvalue weighted by Crippen LogP contribution is 2.21. The van der Waals surface area contributed by atoms with Crippen molar-refractivity contribution in [1.82, 2.24) is 15.5 Å². The molecular weight excluding hydrogens is 322 g/mol. The van der Waals surface area contributed by atoms with Crippen LogP contribution in [-0.2, 0) is 20.9 Å². The molecule has 3 amide bonds.